The summed E-state index contributed by atoms with van der Waals surface area (Å²) >= 11 is 0. The molecule has 194 valence electrons. The van der Waals surface area contributed by atoms with Crippen molar-refractivity contribution in [1.82, 2.24) is 9.97 Å². The number of ether oxygens (including phenoxy) is 2. The number of aliphatic hydroxyl groups excluding tert-OH is 1. The summed E-state index contributed by atoms with van der Waals surface area (Å²) < 4.78 is 11.2. The number of para-hydroxylation sites is 1. The molecule has 1 aliphatic heterocycles. The summed E-state index contributed by atoms with van der Waals surface area (Å²) in [5, 5.41) is 16.5. The number of hydrogen-bond acceptors (Lipinski definition) is 8. The molecule has 0 saturated carbocycles. The number of aliphatic hydroxyl groups is 1. The van der Waals surface area contributed by atoms with Gasteiger partial charge in [-0.25, -0.2) is 9.97 Å². The molecule has 0 spiro atoms. The zero-order chi connectivity index (χ0) is 26.5. The van der Waals surface area contributed by atoms with Crippen molar-refractivity contribution in [3.8, 4) is 16.9 Å². The van der Waals surface area contributed by atoms with Gasteiger partial charge in [-0.1, -0.05) is 36.9 Å². The van der Waals surface area contributed by atoms with E-state index in [1.165, 1.54) is 6.08 Å². The highest BCUT2D eigenvalue weighted by atomic mass is 16.5. The molecule has 0 radical (unpaired) electrons. The van der Waals surface area contributed by atoms with E-state index in [1.54, 1.807) is 13.3 Å². The van der Waals surface area contributed by atoms with Crippen molar-refractivity contribution in [3.05, 3.63) is 79.5 Å². The van der Waals surface area contributed by atoms with E-state index in [0.717, 1.165) is 39.9 Å². The molecule has 1 aliphatic rings. The number of amides is 1. The van der Waals surface area contributed by atoms with E-state index in [9.17, 15) is 9.90 Å². The molecule has 0 unspecified atom stereocenters. The molecule has 0 aliphatic carbocycles. The van der Waals surface area contributed by atoms with E-state index in [1.807, 2.05) is 60.7 Å². The maximum atomic E-state index is 11.8. The molecule has 9 nitrogen and oxygen atoms in total. The van der Waals surface area contributed by atoms with Gasteiger partial charge >= 0.3 is 0 Å². The van der Waals surface area contributed by atoms with E-state index in [0.29, 0.717) is 30.5 Å². The maximum Gasteiger partial charge on any atom is 0.247 e. The van der Waals surface area contributed by atoms with E-state index < -0.39 is 0 Å². The highest BCUT2D eigenvalue weighted by Gasteiger charge is 2.21. The first kappa shape index (κ1) is 25.2. The number of fused-ring (bicyclic) bond motifs is 1. The van der Waals surface area contributed by atoms with Crippen LogP contribution in [-0.2, 0) is 9.53 Å². The topological polar surface area (TPSA) is 109 Å². The molecule has 3 N–H and O–H groups in total. The van der Waals surface area contributed by atoms with Crippen molar-refractivity contribution in [2.24, 2.45) is 0 Å². The predicted molar refractivity (Wildman–Crippen MR) is 149 cm³/mol. The number of methoxy groups -OCH3 is 1. The minimum Gasteiger partial charge on any atom is -0.494 e. The highest BCUT2D eigenvalue weighted by Crippen LogP contribution is 2.34. The fraction of sp³-hybridized carbons (Fsp3) is 0.207. The Morgan fingerprint density at radius 1 is 1.24 bits per heavy atom. The van der Waals surface area contributed by atoms with Crippen LogP contribution < -0.4 is 20.3 Å². The fourth-order valence-electron chi connectivity index (χ4n) is 4.47. The zero-order valence-electron chi connectivity index (χ0n) is 21.1. The second-order valence-electron chi connectivity index (χ2n) is 8.84. The van der Waals surface area contributed by atoms with Crippen LogP contribution in [0.25, 0.3) is 22.0 Å². The first-order valence-electron chi connectivity index (χ1n) is 12.3. The number of rotatable bonds is 8. The van der Waals surface area contributed by atoms with Crippen LogP contribution in [0.2, 0.25) is 0 Å². The minimum atomic E-state index is -0.268. The van der Waals surface area contributed by atoms with Crippen molar-refractivity contribution in [1.29, 1.82) is 0 Å². The van der Waals surface area contributed by atoms with Gasteiger partial charge in [-0.3, -0.25) is 4.79 Å². The predicted octanol–water partition coefficient (Wildman–Crippen LogP) is 4.37. The van der Waals surface area contributed by atoms with E-state index in [-0.39, 0.29) is 18.6 Å². The lowest BCUT2D eigenvalue weighted by atomic mass is 10.0. The summed E-state index contributed by atoms with van der Waals surface area (Å²) in [5.41, 5.74) is 4.99. The maximum absolute atomic E-state index is 11.8. The van der Waals surface area contributed by atoms with Crippen LogP contribution >= 0.6 is 0 Å². The van der Waals surface area contributed by atoms with Gasteiger partial charge in [0.1, 0.15) is 5.75 Å². The fourth-order valence-corrected chi connectivity index (χ4v) is 4.47. The standard InChI is InChI=1S/C29H29N5O4/c1-3-27(36)31-21-8-4-6-19(14-21)24-9-5-7-20-16-30-29(33-28(20)24)32-25-11-10-22(15-26(25)37-2)34-12-13-38-23(17-34)18-35/h3-11,14-16,23,35H,1,12-13,17-18H2,2H3,(H,31,36)(H,30,32,33)/t23-/m0/s1. The molecule has 4 aromatic rings. The van der Waals surface area contributed by atoms with Crippen molar-refractivity contribution in [3.63, 3.8) is 0 Å². The number of carbonyl (C=O) groups excluding carboxylic acids is 1. The van der Waals surface area contributed by atoms with Crippen LogP contribution in [0.3, 0.4) is 0 Å². The van der Waals surface area contributed by atoms with Gasteiger partial charge in [-0.15, -0.1) is 0 Å². The van der Waals surface area contributed by atoms with Gasteiger partial charge in [0.25, 0.3) is 0 Å². The summed E-state index contributed by atoms with van der Waals surface area (Å²) in [6.45, 7) is 5.41. The zero-order valence-corrected chi connectivity index (χ0v) is 21.1. The van der Waals surface area contributed by atoms with E-state index in [2.05, 4.69) is 27.1 Å². The monoisotopic (exact) mass is 511 g/mol. The van der Waals surface area contributed by atoms with Crippen LogP contribution in [0.1, 0.15) is 0 Å². The number of carbonyl (C=O) groups is 1. The Kier molecular flexibility index (Phi) is 7.48. The van der Waals surface area contributed by atoms with Crippen molar-refractivity contribution in [2.45, 2.75) is 6.10 Å². The van der Waals surface area contributed by atoms with E-state index >= 15 is 0 Å². The number of hydrogen-bond donors (Lipinski definition) is 3. The van der Waals surface area contributed by atoms with Gasteiger partial charge in [0.05, 0.1) is 37.6 Å². The Morgan fingerprint density at radius 2 is 2.11 bits per heavy atom. The molecular weight excluding hydrogens is 482 g/mol. The lowest BCUT2D eigenvalue weighted by Gasteiger charge is -2.34. The molecule has 1 atom stereocenters. The number of nitrogens with one attached hydrogen (secondary N) is 2. The van der Waals surface area contributed by atoms with Crippen molar-refractivity contribution >= 4 is 39.8 Å². The Balaban J connectivity index is 1.44. The van der Waals surface area contributed by atoms with Crippen LogP contribution in [0, 0.1) is 0 Å². The van der Waals surface area contributed by atoms with Crippen LogP contribution in [0.4, 0.5) is 23.0 Å². The Labute approximate surface area is 220 Å². The average molecular weight is 512 g/mol. The molecule has 1 amide bonds. The van der Waals surface area contributed by atoms with Gasteiger partial charge in [0.15, 0.2) is 0 Å². The smallest absolute Gasteiger partial charge is 0.247 e. The van der Waals surface area contributed by atoms with Crippen LogP contribution in [0.15, 0.2) is 79.5 Å². The van der Waals surface area contributed by atoms with Crippen LogP contribution in [0.5, 0.6) is 5.75 Å². The third kappa shape index (κ3) is 5.44. The molecule has 38 heavy (non-hydrogen) atoms. The molecular formula is C29H29N5O4. The number of aromatic nitrogens is 2. The summed E-state index contributed by atoms with van der Waals surface area (Å²) in [6, 6.07) is 19.4. The molecule has 3 aromatic carbocycles. The largest absolute Gasteiger partial charge is 0.494 e. The van der Waals surface area contributed by atoms with Gasteiger partial charge in [0.2, 0.25) is 11.9 Å². The van der Waals surface area contributed by atoms with Crippen LogP contribution in [-0.4, -0.2) is 60.5 Å². The molecule has 1 fully saturated rings. The van der Waals surface area contributed by atoms with Gasteiger partial charge in [-0.2, -0.15) is 0 Å². The Bertz CT molecular complexity index is 1470. The molecule has 5 rings (SSSR count). The number of nitrogens with zero attached hydrogens (tertiary/aromatic N) is 3. The summed E-state index contributed by atoms with van der Waals surface area (Å²) in [7, 11) is 1.62. The third-order valence-electron chi connectivity index (χ3n) is 6.38. The Hall–Kier alpha value is -4.47. The molecule has 2 heterocycles. The third-order valence-corrected chi connectivity index (χ3v) is 6.38. The number of morpholine rings is 1. The molecule has 1 aromatic heterocycles. The minimum absolute atomic E-state index is 0.0116. The molecule has 0 bridgehead atoms. The SMILES string of the molecule is C=CC(=O)Nc1cccc(-c2cccc3cnc(Nc4ccc(N5CCO[C@H](CO)C5)cc4OC)nc23)c1. The van der Waals surface area contributed by atoms with Gasteiger partial charge < -0.3 is 30.1 Å². The quantitative estimate of drug-likeness (QED) is 0.299. The second-order valence-corrected chi connectivity index (χ2v) is 8.84. The normalized spacial score (nSPS) is 15.2. The highest BCUT2D eigenvalue weighted by molar-refractivity contribution is 6.00. The van der Waals surface area contributed by atoms with Crippen molar-refractivity contribution < 1.29 is 19.4 Å². The van der Waals surface area contributed by atoms with Gasteiger partial charge in [-0.05, 0) is 35.9 Å². The first-order valence-corrected chi connectivity index (χ1v) is 12.3. The average Bonchev–Trinajstić information content (AvgIpc) is 2.97. The summed E-state index contributed by atoms with van der Waals surface area (Å²) in [5.74, 6) is 0.812. The molecule has 9 heteroatoms. The first-order chi connectivity index (χ1) is 18.6. The number of anilines is 4. The summed E-state index contributed by atoms with van der Waals surface area (Å²) in [6.07, 6.45) is 2.82. The Morgan fingerprint density at radius 3 is 2.92 bits per heavy atom. The molecule has 1 saturated heterocycles. The lowest BCUT2D eigenvalue weighted by molar-refractivity contribution is -0.111. The summed E-state index contributed by atoms with van der Waals surface area (Å²) in [4.78, 5) is 23.3. The second kappa shape index (κ2) is 11.3. The van der Waals surface area contributed by atoms with Crippen molar-refractivity contribution in [2.75, 3.05) is 48.9 Å². The van der Waals surface area contributed by atoms with Gasteiger partial charge in [0, 0.05) is 47.7 Å². The lowest BCUT2D eigenvalue weighted by Crippen LogP contribution is -2.44. The van der Waals surface area contributed by atoms with E-state index in [4.69, 9.17) is 14.5 Å². The number of benzene rings is 3.